The van der Waals surface area contributed by atoms with Crippen LogP contribution in [0.15, 0.2) is 28.0 Å². The van der Waals surface area contributed by atoms with Gasteiger partial charge in [-0.3, -0.25) is 0 Å². The first-order chi connectivity index (χ1) is 11.1. The molecule has 1 heterocycles. The summed E-state index contributed by atoms with van der Waals surface area (Å²) in [6.07, 6.45) is 3.39. The summed E-state index contributed by atoms with van der Waals surface area (Å²) in [4.78, 5) is -0.197. The van der Waals surface area contributed by atoms with Crippen LogP contribution in [0.1, 0.15) is 26.2 Å². The molecule has 10 heteroatoms. The zero-order valence-electron chi connectivity index (χ0n) is 14.5. The van der Waals surface area contributed by atoms with Gasteiger partial charge in [0, 0.05) is 24.9 Å². The molecule has 144 valence electrons. The molecule has 0 spiro atoms. The van der Waals surface area contributed by atoms with E-state index < -0.39 is 19.9 Å². The standard InChI is InChI=1S/C15H24N2O5S2.ClH/c1-11(16)13-6-4-5-9-17(13)24(20,21)15-10-12(23(3,18)19)7-8-14(15)22-2;/h7-8,10-11,13H,4-6,9,16H2,1-3H3;1H. The third kappa shape index (κ3) is 4.65. The van der Waals surface area contributed by atoms with Crippen LogP contribution >= 0.6 is 12.4 Å². The van der Waals surface area contributed by atoms with Crippen LogP contribution < -0.4 is 10.5 Å². The molecular formula is C15H25ClN2O5S2. The van der Waals surface area contributed by atoms with E-state index in [0.717, 1.165) is 25.2 Å². The second-order valence-corrected chi connectivity index (χ2v) is 10.00. The van der Waals surface area contributed by atoms with Crippen molar-refractivity contribution in [1.29, 1.82) is 0 Å². The maximum Gasteiger partial charge on any atom is 0.247 e. The van der Waals surface area contributed by atoms with E-state index in [1.807, 2.05) is 0 Å². The Kier molecular flexibility index (Phi) is 7.29. The van der Waals surface area contributed by atoms with E-state index in [-0.39, 0.29) is 40.0 Å². The van der Waals surface area contributed by atoms with Crippen molar-refractivity contribution in [1.82, 2.24) is 4.31 Å². The number of rotatable bonds is 5. The fraction of sp³-hybridized carbons (Fsp3) is 0.600. The van der Waals surface area contributed by atoms with Gasteiger partial charge in [0.1, 0.15) is 10.6 Å². The van der Waals surface area contributed by atoms with Crippen LogP contribution in [0.5, 0.6) is 5.75 Å². The van der Waals surface area contributed by atoms with Crippen LogP contribution in [0.25, 0.3) is 0 Å². The SMILES string of the molecule is COc1ccc(S(C)(=O)=O)cc1S(=O)(=O)N1CCCCC1C(C)N.Cl. The third-order valence-electron chi connectivity index (χ3n) is 4.26. The van der Waals surface area contributed by atoms with Crippen LogP contribution in [0.3, 0.4) is 0 Å². The molecule has 2 atom stereocenters. The molecule has 1 saturated heterocycles. The Morgan fingerprint density at radius 3 is 2.40 bits per heavy atom. The lowest BCUT2D eigenvalue weighted by Crippen LogP contribution is -2.51. The van der Waals surface area contributed by atoms with Crippen LogP contribution in [-0.2, 0) is 19.9 Å². The van der Waals surface area contributed by atoms with Crippen molar-refractivity contribution in [2.24, 2.45) is 5.73 Å². The zero-order valence-corrected chi connectivity index (χ0v) is 17.0. The second-order valence-electron chi connectivity index (χ2n) is 6.12. The number of methoxy groups -OCH3 is 1. The summed E-state index contributed by atoms with van der Waals surface area (Å²) < 4.78 is 56.4. The molecule has 7 nitrogen and oxygen atoms in total. The Morgan fingerprint density at radius 2 is 1.88 bits per heavy atom. The molecule has 1 fully saturated rings. The van der Waals surface area contributed by atoms with Gasteiger partial charge in [-0.25, -0.2) is 16.8 Å². The largest absolute Gasteiger partial charge is 0.495 e. The van der Waals surface area contributed by atoms with Crippen molar-refractivity contribution < 1.29 is 21.6 Å². The van der Waals surface area contributed by atoms with Gasteiger partial charge in [-0.15, -0.1) is 12.4 Å². The molecule has 1 aromatic rings. The predicted octanol–water partition coefficient (Wildman–Crippen LogP) is 1.41. The van der Waals surface area contributed by atoms with Gasteiger partial charge in [0.25, 0.3) is 0 Å². The van der Waals surface area contributed by atoms with Crippen LogP contribution in [-0.4, -0.2) is 53.1 Å². The Labute approximate surface area is 155 Å². The molecular weight excluding hydrogens is 388 g/mol. The maximum atomic E-state index is 13.2. The molecule has 1 aliphatic rings. The van der Waals surface area contributed by atoms with E-state index in [1.54, 1.807) is 6.92 Å². The molecule has 0 aromatic heterocycles. The van der Waals surface area contributed by atoms with Crippen molar-refractivity contribution in [2.75, 3.05) is 19.9 Å². The van der Waals surface area contributed by atoms with E-state index in [0.29, 0.717) is 13.0 Å². The summed E-state index contributed by atoms with van der Waals surface area (Å²) in [5.74, 6) is 0.122. The number of piperidine rings is 1. The van der Waals surface area contributed by atoms with E-state index in [1.165, 1.54) is 23.5 Å². The fourth-order valence-electron chi connectivity index (χ4n) is 2.97. The van der Waals surface area contributed by atoms with Gasteiger partial charge >= 0.3 is 0 Å². The van der Waals surface area contributed by atoms with E-state index in [4.69, 9.17) is 10.5 Å². The van der Waals surface area contributed by atoms with Crippen molar-refractivity contribution >= 4 is 32.3 Å². The van der Waals surface area contributed by atoms with Gasteiger partial charge in [-0.2, -0.15) is 4.31 Å². The van der Waals surface area contributed by atoms with E-state index in [2.05, 4.69) is 0 Å². The number of sulfone groups is 1. The summed E-state index contributed by atoms with van der Waals surface area (Å²) >= 11 is 0. The molecule has 0 radical (unpaired) electrons. The third-order valence-corrected chi connectivity index (χ3v) is 7.31. The topological polar surface area (TPSA) is 107 Å². The monoisotopic (exact) mass is 412 g/mol. The first-order valence-corrected chi connectivity index (χ1v) is 11.1. The molecule has 2 unspecified atom stereocenters. The first-order valence-electron chi connectivity index (χ1n) is 7.74. The molecule has 0 amide bonds. The fourth-order valence-corrected chi connectivity index (χ4v) is 5.65. The molecule has 0 aliphatic carbocycles. The minimum atomic E-state index is -3.92. The van der Waals surface area contributed by atoms with Gasteiger partial charge in [0.2, 0.25) is 10.0 Å². The highest BCUT2D eigenvalue weighted by atomic mass is 35.5. The Balaban J connectivity index is 0.00000312. The second kappa shape index (κ2) is 8.22. The van der Waals surface area contributed by atoms with Gasteiger partial charge in [0.15, 0.2) is 9.84 Å². The first kappa shape index (κ1) is 22.2. The lowest BCUT2D eigenvalue weighted by molar-refractivity contribution is 0.226. The van der Waals surface area contributed by atoms with Crippen molar-refractivity contribution in [3.63, 3.8) is 0 Å². The molecule has 2 rings (SSSR count). The average molecular weight is 413 g/mol. The maximum absolute atomic E-state index is 13.2. The number of sulfonamides is 1. The lowest BCUT2D eigenvalue weighted by atomic mass is 10.00. The average Bonchev–Trinajstić information content (AvgIpc) is 2.53. The predicted molar refractivity (Wildman–Crippen MR) is 98.5 cm³/mol. The van der Waals surface area contributed by atoms with Gasteiger partial charge in [0.05, 0.1) is 12.0 Å². The Bertz CT molecular complexity index is 809. The van der Waals surface area contributed by atoms with Gasteiger partial charge < -0.3 is 10.5 Å². The van der Waals surface area contributed by atoms with Crippen LogP contribution in [0, 0.1) is 0 Å². The zero-order chi connectivity index (χ0) is 18.1. The summed E-state index contributed by atoms with van der Waals surface area (Å²) in [5.41, 5.74) is 5.97. The normalized spacial score (nSPS) is 20.6. The number of halogens is 1. The number of ether oxygens (including phenoxy) is 1. The molecule has 1 aliphatic heterocycles. The van der Waals surface area contributed by atoms with Crippen molar-refractivity contribution in [3.8, 4) is 5.75 Å². The number of nitrogens with zero attached hydrogens (tertiary/aromatic N) is 1. The molecule has 0 bridgehead atoms. The lowest BCUT2D eigenvalue weighted by Gasteiger charge is -2.37. The summed E-state index contributed by atoms with van der Waals surface area (Å²) in [5, 5.41) is 0. The highest BCUT2D eigenvalue weighted by Gasteiger charge is 2.37. The number of hydrogen-bond acceptors (Lipinski definition) is 6. The minimum absolute atomic E-state index is 0. The summed E-state index contributed by atoms with van der Waals surface area (Å²) in [6, 6.07) is 3.25. The molecule has 2 N–H and O–H groups in total. The van der Waals surface area contributed by atoms with Crippen LogP contribution in [0.2, 0.25) is 0 Å². The highest BCUT2D eigenvalue weighted by Crippen LogP contribution is 2.33. The van der Waals surface area contributed by atoms with Crippen molar-refractivity contribution in [3.05, 3.63) is 18.2 Å². The summed E-state index contributed by atoms with van der Waals surface area (Å²) in [6.45, 7) is 2.14. The molecule has 0 saturated carbocycles. The molecule has 25 heavy (non-hydrogen) atoms. The number of benzene rings is 1. The van der Waals surface area contributed by atoms with Crippen LogP contribution in [0.4, 0.5) is 0 Å². The molecule has 1 aromatic carbocycles. The Morgan fingerprint density at radius 1 is 1.24 bits per heavy atom. The van der Waals surface area contributed by atoms with Gasteiger partial charge in [-0.05, 0) is 38.0 Å². The van der Waals surface area contributed by atoms with Gasteiger partial charge in [-0.1, -0.05) is 6.42 Å². The van der Waals surface area contributed by atoms with Crippen molar-refractivity contribution in [2.45, 2.75) is 48.1 Å². The quantitative estimate of drug-likeness (QED) is 0.783. The number of hydrogen-bond donors (Lipinski definition) is 1. The van der Waals surface area contributed by atoms with E-state index >= 15 is 0 Å². The number of nitrogens with two attached hydrogens (primary N) is 1. The van der Waals surface area contributed by atoms with E-state index in [9.17, 15) is 16.8 Å². The smallest absolute Gasteiger partial charge is 0.247 e. The minimum Gasteiger partial charge on any atom is -0.495 e. The highest BCUT2D eigenvalue weighted by molar-refractivity contribution is 7.91. The summed E-state index contributed by atoms with van der Waals surface area (Å²) in [7, 11) is -6.10. The Hall–Kier alpha value is -0.870.